The van der Waals surface area contributed by atoms with E-state index in [2.05, 4.69) is 10.0 Å². The van der Waals surface area contributed by atoms with Crippen molar-refractivity contribution < 1.29 is 22.7 Å². The van der Waals surface area contributed by atoms with E-state index in [4.69, 9.17) is 21.1 Å². The number of methoxy groups -OCH3 is 2. The molecule has 3 rings (SSSR count). The van der Waals surface area contributed by atoms with Crippen molar-refractivity contribution in [2.75, 3.05) is 24.3 Å². The van der Waals surface area contributed by atoms with Crippen LogP contribution in [0.4, 0.5) is 11.4 Å². The zero-order chi connectivity index (χ0) is 23.5. The molecule has 32 heavy (non-hydrogen) atoms. The highest BCUT2D eigenvalue weighted by atomic mass is 35.5. The maximum Gasteiger partial charge on any atom is 0.261 e. The SMILES string of the molecule is COc1ccc(NC(=O)c2cc(S(=O)(=O)Nc3ccc(C)c(C)c3)ccc2Cl)cc1OC. The minimum absolute atomic E-state index is 0.0180. The van der Waals surface area contributed by atoms with Crippen LogP contribution in [0, 0.1) is 13.8 Å². The van der Waals surface area contributed by atoms with Crippen molar-refractivity contribution >= 4 is 38.9 Å². The van der Waals surface area contributed by atoms with E-state index in [1.54, 1.807) is 30.3 Å². The van der Waals surface area contributed by atoms with E-state index in [1.165, 1.54) is 32.4 Å². The predicted octanol–water partition coefficient (Wildman–Crippen LogP) is 5.03. The highest BCUT2D eigenvalue weighted by Gasteiger charge is 2.20. The number of carbonyl (C=O) groups excluding carboxylic acids is 1. The summed E-state index contributed by atoms with van der Waals surface area (Å²) in [6.45, 7) is 3.84. The molecular formula is C23H23ClN2O5S. The molecule has 0 heterocycles. The Hall–Kier alpha value is -3.23. The van der Waals surface area contributed by atoms with Gasteiger partial charge in [0.05, 0.1) is 29.7 Å². The molecule has 7 nitrogen and oxygen atoms in total. The summed E-state index contributed by atoms with van der Waals surface area (Å²) in [5.41, 5.74) is 2.89. The molecule has 0 spiro atoms. The van der Waals surface area contributed by atoms with Gasteiger partial charge >= 0.3 is 0 Å². The Balaban J connectivity index is 1.87. The third-order valence-electron chi connectivity index (χ3n) is 4.89. The molecule has 0 aliphatic carbocycles. The van der Waals surface area contributed by atoms with E-state index in [0.717, 1.165) is 11.1 Å². The van der Waals surface area contributed by atoms with E-state index in [0.29, 0.717) is 22.9 Å². The number of benzene rings is 3. The second kappa shape index (κ2) is 9.50. The van der Waals surface area contributed by atoms with Crippen LogP contribution in [0.2, 0.25) is 5.02 Å². The molecule has 0 saturated heterocycles. The second-order valence-electron chi connectivity index (χ2n) is 7.07. The van der Waals surface area contributed by atoms with Gasteiger partial charge in [0.2, 0.25) is 0 Å². The minimum Gasteiger partial charge on any atom is -0.493 e. The number of aryl methyl sites for hydroxylation is 2. The number of amides is 1. The lowest BCUT2D eigenvalue weighted by atomic mass is 10.1. The first-order valence-electron chi connectivity index (χ1n) is 9.57. The van der Waals surface area contributed by atoms with Crippen LogP contribution >= 0.6 is 11.6 Å². The Kier molecular flexibility index (Phi) is 6.96. The van der Waals surface area contributed by atoms with Crippen LogP contribution in [0.5, 0.6) is 11.5 Å². The number of hydrogen-bond donors (Lipinski definition) is 2. The van der Waals surface area contributed by atoms with Crippen molar-refractivity contribution in [2.24, 2.45) is 0 Å². The summed E-state index contributed by atoms with van der Waals surface area (Å²) in [5.74, 6) is 0.379. The lowest BCUT2D eigenvalue weighted by Crippen LogP contribution is -2.16. The van der Waals surface area contributed by atoms with Gasteiger partial charge in [0.15, 0.2) is 11.5 Å². The summed E-state index contributed by atoms with van der Waals surface area (Å²) in [5, 5.41) is 2.81. The van der Waals surface area contributed by atoms with Crippen molar-refractivity contribution in [3.8, 4) is 11.5 Å². The van der Waals surface area contributed by atoms with Crippen LogP contribution in [0.25, 0.3) is 0 Å². The maximum absolute atomic E-state index is 12.9. The van der Waals surface area contributed by atoms with Crippen LogP contribution in [-0.2, 0) is 10.0 Å². The molecule has 0 aliphatic heterocycles. The Bertz CT molecular complexity index is 1280. The Morgan fingerprint density at radius 3 is 2.19 bits per heavy atom. The van der Waals surface area contributed by atoms with E-state index in [9.17, 15) is 13.2 Å². The first kappa shape index (κ1) is 23.4. The van der Waals surface area contributed by atoms with Gasteiger partial charge in [-0.25, -0.2) is 8.42 Å². The van der Waals surface area contributed by atoms with Gasteiger partial charge in [-0.2, -0.15) is 0 Å². The summed E-state index contributed by atoms with van der Waals surface area (Å²) in [6.07, 6.45) is 0. The number of sulfonamides is 1. The fraction of sp³-hybridized carbons (Fsp3) is 0.174. The highest BCUT2D eigenvalue weighted by molar-refractivity contribution is 7.92. The van der Waals surface area contributed by atoms with Crippen molar-refractivity contribution in [1.82, 2.24) is 0 Å². The molecule has 0 bridgehead atoms. The first-order chi connectivity index (χ1) is 15.1. The number of rotatable bonds is 7. The van der Waals surface area contributed by atoms with Gasteiger partial charge in [-0.3, -0.25) is 9.52 Å². The molecule has 9 heteroatoms. The molecule has 168 valence electrons. The highest BCUT2D eigenvalue weighted by Crippen LogP contribution is 2.30. The van der Waals surface area contributed by atoms with Gasteiger partial charge in [-0.05, 0) is 67.4 Å². The maximum atomic E-state index is 12.9. The Morgan fingerprint density at radius 2 is 1.53 bits per heavy atom. The van der Waals surface area contributed by atoms with Crippen LogP contribution in [0.1, 0.15) is 21.5 Å². The van der Waals surface area contributed by atoms with Crippen LogP contribution in [-0.4, -0.2) is 28.5 Å². The summed E-state index contributed by atoms with van der Waals surface area (Å²) in [6, 6.07) is 14.1. The van der Waals surface area contributed by atoms with Crippen molar-refractivity contribution in [1.29, 1.82) is 0 Å². The summed E-state index contributed by atoms with van der Waals surface area (Å²) in [7, 11) is -0.942. The lowest BCUT2D eigenvalue weighted by Gasteiger charge is -2.13. The zero-order valence-corrected chi connectivity index (χ0v) is 19.6. The Labute approximate surface area is 192 Å². The summed E-state index contributed by atoms with van der Waals surface area (Å²) >= 11 is 6.19. The zero-order valence-electron chi connectivity index (χ0n) is 18.0. The average Bonchev–Trinajstić information content (AvgIpc) is 2.76. The molecule has 0 aliphatic rings. The predicted molar refractivity (Wildman–Crippen MR) is 126 cm³/mol. The molecule has 0 aromatic heterocycles. The number of carbonyl (C=O) groups is 1. The molecule has 3 aromatic rings. The summed E-state index contributed by atoms with van der Waals surface area (Å²) < 4.78 is 38.7. The third-order valence-corrected chi connectivity index (χ3v) is 6.60. The number of hydrogen-bond acceptors (Lipinski definition) is 5. The second-order valence-corrected chi connectivity index (χ2v) is 9.16. The van der Waals surface area contributed by atoms with Gasteiger partial charge in [0.25, 0.3) is 15.9 Å². The fourth-order valence-corrected chi connectivity index (χ4v) is 4.26. The fourth-order valence-electron chi connectivity index (χ4n) is 2.98. The molecule has 0 radical (unpaired) electrons. The lowest BCUT2D eigenvalue weighted by molar-refractivity contribution is 0.102. The molecule has 0 fully saturated rings. The van der Waals surface area contributed by atoms with E-state index < -0.39 is 15.9 Å². The van der Waals surface area contributed by atoms with E-state index in [-0.39, 0.29) is 15.5 Å². The smallest absolute Gasteiger partial charge is 0.261 e. The molecule has 0 atom stereocenters. The van der Waals surface area contributed by atoms with Gasteiger partial charge in [0, 0.05) is 17.4 Å². The minimum atomic E-state index is -3.93. The Morgan fingerprint density at radius 1 is 0.844 bits per heavy atom. The number of nitrogens with one attached hydrogen (secondary N) is 2. The van der Waals surface area contributed by atoms with Crippen molar-refractivity contribution in [2.45, 2.75) is 18.7 Å². The number of halogens is 1. The summed E-state index contributed by atoms with van der Waals surface area (Å²) in [4.78, 5) is 12.7. The van der Waals surface area contributed by atoms with Crippen molar-refractivity contribution in [3.05, 3.63) is 76.3 Å². The van der Waals surface area contributed by atoms with Gasteiger partial charge in [-0.15, -0.1) is 0 Å². The van der Waals surface area contributed by atoms with Crippen molar-refractivity contribution in [3.63, 3.8) is 0 Å². The molecular weight excluding hydrogens is 452 g/mol. The topological polar surface area (TPSA) is 93.7 Å². The van der Waals surface area contributed by atoms with Gasteiger partial charge < -0.3 is 14.8 Å². The quantitative estimate of drug-likeness (QED) is 0.501. The molecule has 1 amide bonds. The number of anilines is 2. The molecule has 2 N–H and O–H groups in total. The first-order valence-corrected chi connectivity index (χ1v) is 11.4. The molecule has 3 aromatic carbocycles. The average molecular weight is 475 g/mol. The van der Waals surface area contributed by atoms with E-state index >= 15 is 0 Å². The molecule has 0 unspecified atom stereocenters. The van der Waals surface area contributed by atoms with Crippen LogP contribution in [0.15, 0.2) is 59.5 Å². The van der Waals surface area contributed by atoms with E-state index in [1.807, 2.05) is 19.9 Å². The molecule has 0 saturated carbocycles. The van der Waals surface area contributed by atoms with Crippen LogP contribution in [0.3, 0.4) is 0 Å². The largest absolute Gasteiger partial charge is 0.493 e. The monoisotopic (exact) mass is 474 g/mol. The van der Waals surface area contributed by atoms with Gasteiger partial charge in [-0.1, -0.05) is 17.7 Å². The van der Waals surface area contributed by atoms with Gasteiger partial charge in [0.1, 0.15) is 0 Å². The third kappa shape index (κ3) is 5.15. The van der Waals surface area contributed by atoms with Crippen LogP contribution < -0.4 is 19.5 Å². The number of ether oxygens (including phenoxy) is 2. The standard InChI is InChI=1S/C23H23ClN2O5S/c1-14-5-6-17(11-15(14)2)26-32(28,29)18-8-9-20(24)19(13-18)23(27)25-16-7-10-21(30-3)22(12-16)31-4/h5-13,26H,1-4H3,(H,25,27). The normalized spacial score (nSPS) is 11.0.